The van der Waals surface area contributed by atoms with Gasteiger partial charge in [-0.1, -0.05) is 35.8 Å². The Balaban J connectivity index is 2.05. The summed E-state index contributed by atoms with van der Waals surface area (Å²) in [7, 11) is 0. The summed E-state index contributed by atoms with van der Waals surface area (Å²) in [5.74, 6) is -0.652. The van der Waals surface area contributed by atoms with Crippen LogP contribution in [0.4, 0.5) is 0 Å². The second-order valence-electron chi connectivity index (χ2n) is 5.58. The third-order valence-corrected chi connectivity index (χ3v) is 4.24. The van der Waals surface area contributed by atoms with E-state index in [1.165, 1.54) is 11.1 Å². The molecule has 4 heteroatoms. The first-order valence-electron chi connectivity index (χ1n) is 6.73. The zero-order chi connectivity index (χ0) is 14.0. The number of carbonyl (C=O) groups is 1. The zero-order valence-corrected chi connectivity index (χ0v) is 12.9. The van der Waals surface area contributed by atoms with Crippen molar-refractivity contribution in [1.82, 2.24) is 5.32 Å². The van der Waals surface area contributed by atoms with Crippen molar-refractivity contribution < 1.29 is 9.90 Å². The van der Waals surface area contributed by atoms with Crippen molar-refractivity contribution >= 4 is 21.9 Å². The summed E-state index contributed by atoms with van der Waals surface area (Å²) < 4.78 is 1.11. The Bertz CT molecular complexity index is 473. The summed E-state index contributed by atoms with van der Waals surface area (Å²) in [6.45, 7) is 3.89. The van der Waals surface area contributed by atoms with E-state index in [-0.39, 0.29) is 12.0 Å². The molecule has 1 aliphatic carbocycles. The lowest BCUT2D eigenvalue weighted by atomic mass is 9.87. The summed E-state index contributed by atoms with van der Waals surface area (Å²) in [4.78, 5) is 11.2. The van der Waals surface area contributed by atoms with E-state index in [9.17, 15) is 9.90 Å². The minimum atomic E-state index is -0.753. The number of hydrogen-bond acceptors (Lipinski definition) is 2. The standard InChI is InChI=1S/C15H20BrNO2/c1-9(2)14(15(18)19)17-13-6-4-10-7-12(16)5-3-11(10)8-13/h3,5,7,9,13-14,17H,4,6,8H2,1-2H3,(H,18,19). The number of nitrogens with one attached hydrogen (secondary N) is 1. The van der Waals surface area contributed by atoms with E-state index in [0.717, 1.165) is 23.7 Å². The SMILES string of the molecule is CC(C)C(NC1CCc2cc(Br)ccc2C1)C(=O)O. The topological polar surface area (TPSA) is 49.3 Å². The number of rotatable bonds is 4. The lowest BCUT2D eigenvalue weighted by Gasteiger charge is -2.29. The highest BCUT2D eigenvalue weighted by Gasteiger charge is 2.26. The molecule has 2 atom stereocenters. The number of carboxylic acids is 1. The molecule has 0 radical (unpaired) electrons. The van der Waals surface area contributed by atoms with Crippen LogP contribution in [0.1, 0.15) is 31.4 Å². The lowest BCUT2D eigenvalue weighted by Crippen LogP contribution is -2.48. The smallest absolute Gasteiger partial charge is 0.320 e. The molecule has 0 saturated carbocycles. The van der Waals surface area contributed by atoms with Crippen LogP contribution in [0.15, 0.2) is 22.7 Å². The fourth-order valence-corrected chi connectivity index (χ4v) is 3.08. The van der Waals surface area contributed by atoms with E-state index in [0.29, 0.717) is 0 Å². The van der Waals surface area contributed by atoms with Gasteiger partial charge in [0.25, 0.3) is 0 Å². The molecule has 0 aliphatic heterocycles. The maximum Gasteiger partial charge on any atom is 0.320 e. The van der Waals surface area contributed by atoms with E-state index in [4.69, 9.17) is 0 Å². The third kappa shape index (κ3) is 3.57. The minimum Gasteiger partial charge on any atom is -0.480 e. The second kappa shape index (κ2) is 6.06. The van der Waals surface area contributed by atoms with Gasteiger partial charge in [0.05, 0.1) is 0 Å². The molecule has 0 heterocycles. The fourth-order valence-electron chi connectivity index (χ4n) is 2.67. The first-order chi connectivity index (χ1) is 8.97. The number of aliphatic carboxylic acids is 1. The Labute approximate surface area is 122 Å². The molecule has 104 valence electrons. The number of halogens is 1. The summed E-state index contributed by atoms with van der Waals surface area (Å²) in [5, 5.41) is 12.5. The van der Waals surface area contributed by atoms with Gasteiger partial charge in [0.15, 0.2) is 0 Å². The molecule has 2 rings (SSSR count). The molecule has 3 nitrogen and oxygen atoms in total. The molecule has 1 aromatic rings. The molecule has 2 N–H and O–H groups in total. The lowest BCUT2D eigenvalue weighted by molar-refractivity contribution is -0.140. The molecular weight excluding hydrogens is 306 g/mol. The quantitative estimate of drug-likeness (QED) is 0.894. The third-order valence-electron chi connectivity index (χ3n) is 3.74. The van der Waals surface area contributed by atoms with Gasteiger partial charge in [-0.3, -0.25) is 4.79 Å². The highest BCUT2D eigenvalue weighted by molar-refractivity contribution is 9.10. The predicted octanol–water partition coefficient (Wildman–Crippen LogP) is 3.01. The summed E-state index contributed by atoms with van der Waals surface area (Å²) in [6, 6.07) is 6.17. The number of carboxylic acid groups (broad SMARTS) is 1. The highest BCUT2D eigenvalue weighted by atomic mass is 79.9. The van der Waals surface area contributed by atoms with Gasteiger partial charge in [0.2, 0.25) is 0 Å². The number of benzene rings is 1. The van der Waals surface area contributed by atoms with E-state index >= 15 is 0 Å². The van der Waals surface area contributed by atoms with Crippen LogP contribution in [0.25, 0.3) is 0 Å². The van der Waals surface area contributed by atoms with Gasteiger partial charge in [-0.05, 0) is 48.4 Å². The number of aryl methyl sites for hydroxylation is 1. The Hall–Kier alpha value is -0.870. The van der Waals surface area contributed by atoms with Crippen LogP contribution in [0.3, 0.4) is 0 Å². The average Bonchev–Trinajstić information content (AvgIpc) is 2.35. The first kappa shape index (κ1) is 14.5. The van der Waals surface area contributed by atoms with Gasteiger partial charge in [0, 0.05) is 10.5 Å². The van der Waals surface area contributed by atoms with Crippen LogP contribution in [0, 0.1) is 5.92 Å². The van der Waals surface area contributed by atoms with Gasteiger partial charge >= 0.3 is 5.97 Å². The largest absolute Gasteiger partial charge is 0.480 e. The Morgan fingerprint density at radius 2 is 2.16 bits per heavy atom. The van der Waals surface area contributed by atoms with E-state index in [1.54, 1.807) is 0 Å². The Morgan fingerprint density at radius 3 is 2.79 bits per heavy atom. The van der Waals surface area contributed by atoms with Crippen LogP contribution >= 0.6 is 15.9 Å². The fraction of sp³-hybridized carbons (Fsp3) is 0.533. The van der Waals surface area contributed by atoms with Crippen molar-refractivity contribution in [1.29, 1.82) is 0 Å². The van der Waals surface area contributed by atoms with Crippen molar-refractivity contribution in [2.24, 2.45) is 5.92 Å². The van der Waals surface area contributed by atoms with E-state index in [1.807, 2.05) is 13.8 Å². The van der Waals surface area contributed by atoms with Gasteiger partial charge in [-0.25, -0.2) is 0 Å². The van der Waals surface area contributed by atoms with Gasteiger partial charge < -0.3 is 10.4 Å². The van der Waals surface area contributed by atoms with Crippen molar-refractivity contribution in [3.63, 3.8) is 0 Å². The molecule has 1 aromatic carbocycles. The van der Waals surface area contributed by atoms with Crippen LogP contribution in [0.5, 0.6) is 0 Å². The maximum absolute atomic E-state index is 11.2. The Kier molecular flexibility index (Phi) is 4.63. The highest BCUT2D eigenvalue weighted by Crippen LogP contribution is 2.25. The summed E-state index contributed by atoms with van der Waals surface area (Å²) in [6.07, 6.45) is 2.93. The van der Waals surface area contributed by atoms with E-state index < -0.39 is 12.0 Å². The van der Waals surface area contributed by atoms with Crippen molar-refractivity contribution in [2.75, 3.05) is 0 Å². The second-order valence-corrected chi connectivity index (χ2v) is 6.50. The molecule has 0 aromatic heterocycles. The molecule has 0 fully saturated rings. The van der Waals surface area contributed by atoms with Crippen molar-refractivity contribution in [2.45, 2.75) is 45.2 Å². The average molecular weight is 326 g/mol. The van der Waals surface area contributed by atoms with Gasteiger partial charge in [-0.15, -0.1) is 0 Å². The molecule has 0 amide bonds. The molecule has 0 saturated heterocycles. The van der Waals surface area contributed by atoms with Crippen LogP contribution < -0.4 is 5.32 Å². The monoisotopic (exact) mass is 325 g/mol. The van der Waals surface area contributed by atoms with E-state index in [2.05, 4.69) is 39.4 Å². The van der Waals surface area contributed by atoms with Crippen LogP contribution in [-0.2, 0) is 17.6 Å². The Morgan fingerprint density at radius 1 is 1.42 bits per heavy atom. The van der Waals surface area contributed by atoms with Crippen LogP contribution in [0.2, 0.25) is 0 Å². The number of hydrogen-bond donors (Lipinski definition) is 2. The number of fused-ring (bicyclic) bond motifs is 1. The molecule has 2 unspecified atom stereocenters. The normalized spacial score (nSPS) is 20.1. The minimum absolute atomic E-state index is 0.101. The molecule has 1 aliphatic rings. The van der Waals surface area contributed by atoms with Crippen molar-refractivity contribution in [3.05, 3.63) is 33.8 Å². The zero-order valence-electron chi connectivity index (χ0n) is 11.3. The molecule has 0 spiro atoms. The van der Waals surface area contributed by atoms with Gasteiger partial charge in [0.1, 0.15) is 6.04 Å². The van der Waals surface area contributed by atoms with Gasteiger partial charge in [-0.2, -0.15) is 0 Å². The molecule has 0 bridgehead atoms. The summed E-state index contributed by atoms with van der Waals surface area (Å²) in [5.41, 5.74) is 2.71. The molecule has 19 heavy (non-hydrogen) atoms. The predicted molar refractivity (Wildman–Crippen MR) is 79.4 cm³/mol. The molecular formula is C15H20BrNO2. The summed E-state index contributed by atoms with van der Waals surface area (Å²) >= 11 is 3.49. The van der Waals surface area contributed by atoms with Crippen molar-refractivity contribution in [3.8, 4) is 0 Å². The van der Waals surface area contributed by atoms with Crippen LogP contribution in [-0.4, -0.2) is 23.2 Å². The maximum atomic E-state index is 11.2. The first-order valence-corrected chi connectivity index (χ1v) is 7.53.